The van der Waals surface area contributed by atoms with Gasteiger partial charge in [-0.2, -0.15) is 0 Å². The van der Waals surface area contributed by atoms with Gasteiger partial charge in [-0.1, -0.05) is 6.07 Å². The summed E-state index contributed by atoms with van der Waals surface area (Å²) in [7, 11) is 3.22. The lowest BCUT2D eigenvalue weighted by atomic mass is 10.1. The zero-order valence-electron chi connectivity index (χ0n) is 14.1. The number of rotatable bonds is 6. The van der Waals surface area contributed by atoms with Crippen LogP contribution >= 0.6 is 0 Å². The first-order valence-corrected chi connectivity index (χ1v) is 7.81. The summed E-state index contributed by atoms with van der Waals surface area (Å²) in [4.78, 5) is 12.0. The van der Waals surface area contributed by atoms with Crippen LogP contribution < -0.4 is 31.0 Å². The van der Waals surface area contributed by atoms with Crippen molar-refractivity contribution in [1.82, 2.24) is 21.5 Å². The Morgan fingerprint density at radius 2 is 1.78 bits per heavy atom. The van der Waals surface area contributed by atoms with E-state index in [2.05, 4.69) is 21.5 Å². The molecule has 0 bridgehead atoms. The van der Waals surface area contributed by atoms with Gasteiger partial charge in [-0.3, -0.25) is 10.9 Å². The van der Waals surface area contributed by atoms with E-state index in [1.165, 1.54) is 0 Å². The third-order valence-corrected chi connectivity index (χ3v) is 4.06. The molecule has 0 aliphatic carbocycles. The molecule has 0 spiro atoms. The van der Waals surface area contributed by atoms with Crippen LogP contribution in [0.2, 0.25) is 0 Å². The molecule has 0 saturated carbocycles. The van der Waals surface area contributed by atoms with Crippen LogP contribution in [0.4, 0.5) is 4.79 Å². The summed E-state index contributed by atoms with van der Waals surface area (Å²) in [6.45, 7) is 4.62. The molecule has 1 fully saturated rings. The van der Waals surface area contributed by atoms with Crippen molar-refractivity contribution in [2.45, 2.75) is 38.4 Å². The molecule has 1 aliphatic heterocycles. The van der Waals surface area contributed by atoms with Gasteiger partial charge in [0, 0.05) is 18.6 Å². The van der Waals surface area contributed by atoms with Gasteiger partial charge in [-0.15, -0.1) is 0 Å². The zero-order chi connectivity index (χ0) is 16.8. The maximum atomic E-state index is 12.0. The highest BCUT2D eigenvalue weighted by atomic mass is 16.5. The Balaban J connectivity index is 1.79. The highest BCUT2D eigenvalue weighted by molar-refractivity contribution is 5.74. The Bertz CT molecular complexity index is 528. The molecular weight excluding hydrogens is 296 g/mol. The van der Waals surface area contributed by atoms with Gasteiger partial charge in [0.1, 0.15) is 0 Å². The van der Waals surface area contributed by atoms with E-state index < -0.39 is 0 Å². The van der Waals surface area contributed by atoms with E-state index in [4.69, 9.17) is 9.47 Å². The number of hydrazine groups is 1. The maximum absolute atomic E-state index is 12.0. The monoisotopic (exact) mass is 322 g/mol. The quantitative estimate of drug-likeness (QED) is 0.623. The smallest absolute Gasteiger partial charge is 0.315 e. The summed E-state index contributed by atoms with van der Waals surface area (Å²) in [6, 6.07) is 6.07. The van der Waals surface area contributed by atoms with Crippen LogP contribution in [0.3, 0.4) is 0 Å². The maximum Gasteiger partial charge on any atom is 0.315 e. The van der Waals surface area contributed by atoms with Crippen LogP contribution in [-0.4, -0.2) is 44.9 Å². The molecule has 1 aliphatic rings. The van der Waals surface area contributed by atoms with Crippen LogP contribution in [0.5, 0.6) is 11.5 Å². The fraction of sp³-hybridized carbons (Fsp3) is 0.562. The van der Waals surface area contributed by atoms with E-state index in [9.17, 15) is 4.79 Å². The SMILES string of the molecule is COc1ccc(CCNC(=O)NC2C(C)NNC2C)cc1OC. The zero-order valence-corrected chi connectivity index (χ0v) is 14.1. The second-order valence-electron chi connectivity index (χ2n) is 5.73. The Morgan fingerprint density at radius 1 is 1.13 bits per heavy atom. The lowest BCUT2D eigenvalue weighted by Crippen LogP contribution is -2.50. The Labute approximate surface area is 137 Å². The van der Waals surface area contributed by atoms with Crippen LogP contribution in [0.15, 0.2) is 18.2 Å². The van der Waals surface area contributed by atoms with Gasteiger partial charge in [-0.25, -0.2) is 4.79 Å². The molecule has 7 nitrogen and oxygen atoms in total. The van der Waals surface area contributed by atoms with E-state index in [-0.39, 0.29) is 24.2 Å². The fourth-order valence-corrected chi connectivity index (χ4v) is 2.68. The first kappa shape index (κ1) is 17.4. The van der Waals surface area contributed by atoms with E-state index >= 15 is 0 Å². The average molecular weight is 322 g/mol. The third-order valence-electron chi connectivity index (χ3n) is 4.06. The molecule has 1 aromatic carbocycles. The van der Waals surface area contributed by atoms with Gasteiger partial charge in [0.05, 0.1) is 20.3 Å². The van der Waals surface area contributed by atoms with Crippen molar-refractivity contribution in [2.24, 2.45) is 0 Å². The molecule has 1 aromatic rings. The van der Waals surface area contributed by atoms with Crippen LogP contribution in [0.1, 0.15) is 19.4 Å². The minimum Gasteiger partial charge on any atom is -0.493 e. The van der Waals surface area contributed by atoms with Crippen molar-refractivity contribution >= 4 is 6.03 Å². The number of ether oxygens (including phenoxy) is 2. The van der Waals surface area contributed by atoms with Crippen molar-refractivity contribution in [3.8, 4) is 11.5 Å². The van der Waals surface area contributed by atoms with Crippen LogP contribution in [-0.2, 0) is 6.42 Å². The molecule has 2 atom stereocenters. The molecule has 7 heteroatoms. The number of nitrogens with one attached hydrogen (secondary N) is 4. The topological polar surface area (TPSA) is 83.7 Å². The number of hydrogen-bond acceptors (Lipinski definition) is 5. The molecule has 23 heavy (non-hydrogen) atoms. The number of benzene rings is 1. The largest absolute Gasteiger partial charge is 0.493 e. The number of hydrogen-bond donors (Lipinski definition) is 4. The normalized spacial score (nSPS) is 23.4. The minimum atomic E-state index is -0.153. The van der Waals surface area contributed by atoms with E-state index in [0.717, 1.165) is 12.0 Å². The molecule has 1 heterocycles. The number of methoxy groups -OCH3 is 2. The predicted octanol–water partition coefficient (Wildman–Crippen LogP) is 0.799. The van der Waals surface area contributed by atoms with E-state index in [1.54, 1.807) is 14.2 Å². The third kappa shape index (κ3) is 4.49. The molecule has 128 valence electrons. The van der Waals surface area contributed by atoms with Gasteiger partial charge in [0.2, 0.25) is 0 Å². The van der Waals surface area contributed by atoms with Crippen molar-refractivity contribution in [3.63, 3.8) is 0 Å². The Hall–Kier alpha value is -1.99. The molecule has 2 rings (SSSR count). The fourth-order valence-electron chi connectivity index (χ4n) is 2.68. The second-order valence-corrected chi connectivity index (χ2v) is 5.73. The standard InChI is InChI=1S/C16H26N4O3/c1-10-15(11(2)20-19-10)18-16(21)17-8-7-12-5-6-13(22-3)14(9-12)23-4/h5-6,9-11,15,19-20H,7-8H2,1-4H3,(H2,17,18,21). The number of carbonyl (C=O) groups is 1. The predicted molar refractivity (Wildman–Crippen MR) is 88.8 cm³/mol. The highest BCUT2D eigenvalue weighted by Gasteiger charge is 2.30. The first-order valence-electron chi connectivity index (χ1n) is 7.81. The Kier molecular flexibility index (Phi) is 6.06. The average Bonchev–Trinajstić information content (AvgIpc) is 2.86. The lowest BCUT2D eigenvalue weighted by Gasteiger charge is -2.20. The van der Waals surface area contributed by atoms with Crippen LogP contribution in [0, 0.1) is 0 Å². The van der Waals surface area contributed by atoms with Gasteiger partial charge < -0.3 is 20.1 Å². The number of amides is 2. The summed E-state index contributed by atoms with van der Waals surface area (Å²) in [6.07, 6.45) is 0.722. The molecule has 1 saturated heterocycles. The molecule has 0 aromatic heterocycles. The van der Waals surface area contributed by atoms with Crippen molar-refractivity contribution in [2.75, 3.05) is 20.8 Å². The molecular formula is C16H26N4O3. The summed E-state index contributed by atoms with van der Waals surface area (Å²) < 4.78 is 10.5. The number of urea groups is 1. The summed E-state index contributed by atoms with van der Waals surface area (Å²) in [5, 5.41) is 5.87. The molecule has 2 unspecified atom stereocenters. The van der Waals surface area contributed by atoms with Gasteiger partial charge in [0.25, 0.3) is 0 Å². The summed E-state index contributed by atoms with van der Waals surface area (Å²) >= 11 is 0. The van der Waals surface area contributed by atoms with E-state index in [1.807, 2.05) is 32.0 Å². The summed E-state index contributed by atoms with van der Waals surface area (Å²) in [5.41, 5.74) is 7.30. The first-order chi connectivity index (χ1) is 11.0. The number of carbonyl (C=O) groups excluding carboxylic acids is 1. The lowest BCUT2D eigenvalue weighted by molar-refractivity contribution is 0.235. The molecule has 4 N–H and O–H groups in total. The highest BCUT2D eigenvalue weighted by Crippen LogP contribution is 2.27. The van der Waals surface area contributed by atoms with Gasteiger partial charge in [0.15, 0.2) is 11.5 Å². The second kappa shape index (κ2) is 8.03. The minimum absolute atomic E-state index is 0.0658. The van der Waals surface area contributed by atoms with Crippen LogP contribution in [0.25, 0.3) is 0 Å². The van der Waals surface area contributed by atoms with Crippen molar-refractivity contribution < 1.29 is 14.3 Å². The molecule has 0 radical (unpaired) electrons. The Morgan fingerprint density at radius 3 is 2.39 bits per heavy atom. The van der Waals surface area contributed by atoms with Gasteiger partial charge >= 0.3 is 6.03 Å². The summed E-state index contributed by atoms with van der Waals surface area (Å²) in [5.74, 6) is 1.39. The van der Waals surface area contributed by atoms with Crippen molar-refractivity contribution in [1.29, 1.82) is 0 Å². The molecule has 2 amide bonds. The van der Waals surface area contributed by atoms with E-state index in [0.29, 0.717) is 18.0 Å². The van der Waals surface area contributed by atoms with Crippen molar-refractivity contribution in [3.05, 3.63) is 23.8 Å². The van der Waals surface area contributed by atoms with Gasteiger partial charge in [-0.05, 0) is 38.0 Å².